The molecule has 4 nitrogen and oxygen atoms in total. The average molecular weight is 202 g/mol. The van der Waals surface area contributed by atoms with Crippen molar-refractivity contribution in [2.24, 2.45) is 0 Å². The smallest absolute Gasteiger partial charge is 0.317 e. The van der Waals surface area contributed by atoms with Gasteiger partial charge in [0, 0.05) is 0 Å². The molecule has 0 rings (SSSR count). The number of aliphatic carboxylic acids is 1. The van der Waals surface area contributed by atoms with Crippen molar-refractivity contribution < 1.29 is 9.90 Å². The first-order chi connectivity index (χ1) is 6.56. The van der Waals surface area contributed by atoms with Crippen LogP contribution in [0.15, 0.2) is 0 Å². The lowest BCUT2D eigenvalue weighted by Gasteiger charge is -2.20. The largest absolute Gasteiger partial charge is 0.480 e. The van der Waals surface area contributed by atoms with Crippen LogP contribution in [0, 0.1) is 0 Å². The van der Waals surface area contributed by atoms with Gasteiger partial charge >= 0.3 is 5.97 Å². The Morgan fingerprint density at radius 3 is 2.29 bits per heavy atom. The number of carboxylic acids is 1. The minimum Gasteiger partial charge on any atom is -0.480 e. The molecule has 14 heavy (non-hydrogen) atoms. The zero-order valence-corrected chi connectivity index (χ0v) is 9.49. The van der Waals surface area contributed by atoms with Crippen LogP contribution >= 0.6 is 0 Å². The fraction of sp³-hybridized carbons (Fsp3) is 0.900. The maximum Gasteiger partial charge on any atom is 0.317 e. The van der Waals surface area contributed by atoms with Crippen molar-refractivity contribution in [3.63, 3.8) is 0 Å². The van der Waals surface area contributed by atoms with Crippen LogP contribution in [0.2, 0.25) is 0 Å². The Balaban J connectivity index is 3.67. The lowest BCUT2D eigenvalue weighted by atomic mass is 10.3. The zero-order valence-electron chi connectivity index (χ0n) is 9.49. The molecule has 0 saturated heterocycles. The number of hydrogen-bond acceptors (Lipinski definition) is 3. The van der Waals surface area contributed by atoms with E-state index in [0.29, 0.717) is 0 Å². The van der Waals surface area contributed by atoms with Crippen molar-refractivity contribution in [3.05, 3.63) is 0 Å². The zero-order chi connectivity index (χ0) is 11.0. The van der Waals surface area contributed by atoms with Crippen LogP contribution in [0.25, 0.3) is 0 Å². The SMILES string of the molecule is CCCN(CCCN(C)C)CC(=O)O. The molecule has 0 spiro atoms. The third-order valence-corrected chi connectivity index (χ3v) is 1.98. The van der Waals surface area contributed by atoms with Crippen LogP contribution in [0.4, 0.5) is 0 Å². The predicted octanol–water partition coefficient (Wildman–Crippen LogP) is 0.735. The molecule has 0 aliphatic heterocycles. The number of carboxylic acid groups (broad SMARTS) is 1. The predicted molar refractivity (Wildman–Crippen MR) is 57.5 cm³/mol. The van der Waals surface area contributed by atoms with Crippen molar-refractivity contribution in [1.82, 2.24) is 9.80 Å². The second-order valence-corrected chi connectivity index (χ2v) is 3.83. The van der Waals surface area contributed by atoms with E-state index < -0.39 is 5.97 Å². The first-order valence-corrected chi connectivity index (χ1v) is 5.15. The number of carbonyl (C=O) groups is 1. The molecule has 0 aliphatic rings. The lowest BCUT2D eigenvalue weighted by Crippen LogP contribution is -2.32. The van der Waals surface area contributed by atoms with Crippen molar-refractivity contribution in [2.75, 3.05) is 40.3 Å². The molecule has 0 saturated carbocycles. The summed E-state index contributed by atoms with van der Waals surface area (Å²) >= 11 is 0. The third kappa shape index (κ3) is 8.01. The molecule has 0 aromatic rings. The van der Waals surface area contributed by atoms with E-state index in [2.05, 4.69) is 11.8 Å². The number of hydrogen-bond donors (Lipinski definition) is 1. The molecule has 0 fully saturated rings. The second kappa shape index (κ2) is 7.76. The van der Waals surface area contributed by atoms with Gasteiger partial charge in [0.25, 0.3) is 0 Å². The van der Waals surface area contributed by atoms with Gasteiger partial charge in [-0.15, -0.1) is 0 Å². The van der Waals surface area contributed by atoms with Gasteiger partial charge in [0.15, 0.2) is 0 Å². The summed E-state index contributed by atoms with van der Waals surface area (Å²) in [7, 11) is 4.06. The Morgan fingerprint density at radius 1 is 1.21 bits per heavy atom. The first-order valence-electron chi connectivity index (χ1n) is 5.15. The highest BCUT2D eigenvalue weighted by Crippen LogP contribution is 1.94. The maximum atomic E-state index is 10.5. The molecular formula is C10H22N2O2. The number of nitrogens with zero attached hydrogens (tertiary/aromatic N) is 2. The molecule has 0 atom stereocenters. The van der Waals surface area contributed by atoms with Crippen molar-refractivity contribution >= 4 is 5.97 Å². The van der Waals surface area contributed by atoms with Gasteiger partial charge in [-0.2, -0.15) is 0 Å². The fourth-order valence-corrected chi connectivity index (χ4v) is 1.39. The minimum atomic E-state index is -0.733. The molecule has 0 amide bonds. The Morgan fingerprint density at radius 2 is 1.86 bits per heavy atom. The first kappa shape index (κ1) is 13.4. The second-order valence-electron chi connectivity index (χ2n) is 3.83. The molecule has 0 heterocycles. The van der Waals surface area contributed by atoms with Crippen LogP contribution in [-0.2, 0) is 4.79 Å². The van der Waals surface area contributed by atoms with Crippen LogP contribution < -0.4 is 0 Å². The summed E-state index contributed by atoms with van der Waals surface area (Å²) in [6, 6.07) is 0. The van der Waals surface area contributed by atoms with Crippen LogP contribution in [0.1, 0.15) is 19.8 Å². The molecule has 0 aromatic heterocycles. The van der Waals surface area contributed by atoms with Crippen molar-refractivity contribution in [1.29, 1.82) is 0 Å². The lowest BCUT2D eigenvalue weighted by molar-refractivity contribution is -0.138. The highest BCUT2D eigenvalue weighted by atomic mass is 16.4. The summed E-state index contributed by atoms with van der Waals surface area (Å²) in [4.78, 5) is 14.6. The average Bonchev–Trinajstić information content (AvgIpc) is 2.02. The van der Waals surface area contributed by atoms with Gasteiger partial charge in [0.2, 0.25) is 0 Å². The highest BCUT2D eigenvalue weighted by molar-refractivity contribution is 5.69. The van der Waals surface area contributed by atoms with Crippen LogP contribution in [-0.4, -0.2) is 61.2 Å². The van der Waals surface area contributed by atoms with Gasteiger partial charge in [0.1, 0.15) is 0 Å². The normalized spacial score (nSPS) is 11.2. The summed E-state index contributed by atoms with van der Waals surface area (Å²) in [6.45, 7) is 5.00. The molecule has 84 valence electrons. The minimum absolute atomic E-state index is 0.168. The van der Waals surface area contributed by atoms with Gasteiger partial charge in [-0.3, -0.25) is 9.69 Å². The molecule has 0 unspecified atom stereocenters. The molecule has 0 aliphatic carbocycles. The maximum absolute atomic E-state index is 10.5. The van der Waals surface area contributed by atoms with E-state index in [4.69, 9.17) is 5.11 Å². The topological polar surface area (TPSA) is 43.8 Å². The van der Waals surface area contributed by atoms with E-state index in [9.17, 15) is 4.79 Å². The monoisotopic (exact) mass is 202 g/mol. The van der Waals surface area contributed by atoms with E-state index >= 15 is 0 Å². The summed E-state index contributed by atoms with van der Waals surface area (Å²) < 4.78 is 0. The van der Waals surface area contributed by atoms with E-state index in [1.807, 2.05) is 19.0 Å². The van der Waals surface area contributed by atoms with Gasteiger partial charge in [0.05, 0.1) is 6.54 Å². The highest BCUT2D eigenvalue weighted by Gasteiger charge is 2.07. The summed E-state index contributed by atoms with van der Waals surface area (Å²) in [5.74, 6) is -0.733. The summed E-state index contributed by atoms with van der Waals surface area (Å²) in [5.41, 5.74) is 0. The van der Waals surface area contributed by atoms with E-state index in [0.717, 1.165) is 32.5 Å². The molecular weight excluding hydrogens is 180 g/mol. The Labute approximate surface area is 86.5 Å². The molecule has 0 radical (unpaired) electrons. The van der Waals surface area contributed by atoms with Crippen molar-refractivity contribution in [3.8, 4) is 0 Å². The Kier molecular flexibility index (Phi) is 7.42. The fourth-order valence-electron chi connectivity index (χ4n) is 1.39. The van der Waals surface area contributed by atoms with Gasteiger partial charge in [-0.05, 0) is 46.6 Å². The van der Waals surface area contributed by atoms with Gasteiger partial charge in [-0.1, -0.05) is 6.92 Å². The van der Waals surface area contributed by atoms with Gasteiger partial charge < -0.3 is 10.0 Å². The molecule has 1 N–H and O–H groups in total. The van der Waals surface area contributed by atoms with Gasteiger partial charge in [-0.25, -0.2) is 0 Å². The summed E-state index contributed by atoms with van der Waals surface area (Å²) in [6.07, 6.45) is 2.04. The van der Waals surface area contributed by atoms with E-state index in [1.165, 1.54) is 0 Å². The standard InChI is InChI=1S/C10H22N2O2/c1-4-6-12(9-10(13)14)8-5-7-11(2)3/h4-9H2,1-3H3,(H,13,14). The number of rotatable bonds is 8. The Hall–Kier alpha value is -0.610. The molecule has 0 bridgehead atoms. The quantitative estimate of drug-likeness (QED) is 0.630. The Bertz CT molecular complexity index is 160. The van der Waals surface area contributed by atoms with Crippen molar-refractivity contribution in [2.45, 2.75) is 19.8 Å². The van der Waals surface area contributed by atoms with Crippen LogP contribution in [0.5, 0.6) is 0 Å². The van der Waals surface area contributed by atoms with E-state index in [-0.39, 0.29) is 6.54 Å². The summed E-state index contributed by atoms with van der Waals surface area (Å²) in [5, 5.41) is 8.67. The van der Waals surface area contributed by atoms with Crippen LogP contribution in [0.3, 0.4) is 0 Å². The molecule has 0 aromatic carbocycles. The van der Waals surface area contributed by atoms with E-state index in [1.54, 1.807) is 0 Å². The third-order valence-electron chi connectivity index (χ3n) is 1.98. The molecule has 4 heteroatoms.